The number of aliphatic hydroxyl groups excluding tert-OH is 2. The predicted octanol–water partition coefficient (Wildman–Crippen LogP) is 2.16. The second-order valence-corrected chi connectivity index (χ2v) is 6.57. The monoisotopic (exact) mass is 339 g/mol. The Hall–Kier alpha value is -1.92. The lowest BCUT2D eigenvalue weighted by molar-refractivity contribution is 0.190. The van der Waals surface area contributed by atoms with E-state index < -0.39 is 19.8 Å². The lowest BCUT2D eigenvalue weighted by atomic mass is 9.86. The maximum Gasteiger partial charge on any atom is 0.448 e. The number of allylic oxidation sites excluding steroid dienone is 3. The zero-order valence-electron chi connectivity index (χ0n) is 12.4. The molecule has 23 heavy (non-hydrogen) atoms. The molecule has 1 aromatic rings. The first-order valence-electron chi connectivity index (χ1n) is 6.89. The van der Waals surface area contributed by atoms with Gasteiger partial charge in [0.15, 0.2) is 0 Å². The smallest absolute Gasteiger partial charge is 0.448 e. The summed E-state index contributed by atoms with van der Waals surface area (Å²) in [6.45, 7) is 1.74. The lowest BCUT2D eigenvalue weighted by Gasteiger charge is -2.25. The largest absolute Gasteiger partial charge is 0.512 e. The highest BCUT2D eigenvalue weighted by atomic mass is 31.2. The molecular formula is C15H18NO6P. The Bertz CT molecular complexity index is 716. The summed E-state index contributed by atoms with van der Waals surface area (Å²) in [5, 5.41) is 29.4. The minimum atomic E-state index is -4.68. The molecule has 0 aromatic heterocycles. The molecule has 1 aliphatic carbocycles. The van der Waals surface area contributed by atoms with E-state index in [1.807, 2.05) is 0 Å². The first-order chi connectivity index (χ1) is 10.7. The van der Waals surface area contributed by atoms with E-state index in [2.05, 4.69) is 4.76 Å². The van der Waals surface area contributed by atoms with Crippen molar-refractivity contribution >= 4 is 13.5 Å². The van der Waals surface area contributed by atoms with E-state index in [-0.39, 0.29) is 29.2 Å². The highest BCUT2D eigenvalue weighted by molar-refractivity contribution is 7.50. The van der Waals surface area contributed by atoms with Gasteiger partial charge in [0.25, 0.3) is 0 Å². The van der Waals surface area contributed by atoms with Crippen LogP contribution in [0.3, 0.4) is 0 Å². The van der Waals surface area contributed by atoms with E-state index in [4.69, 9.17) is 9.79 Å². The van der Waals surface area contributed by atoms with E-state index in [9.17, 15) is 19.9 Å². The molecule has 124 valence electrons. The molecule has 0 heterocycles. The first-order valence-corrected chi connectivity index (χ1v) is 8.45. The van der Waals surface area contributed by atoms with Crippen LogP contribution in [0, 0.1) is 0 Å². The van der Waals surface area contributed by atoms with Crippen molar-refractivity contribution in [1.29, 1.82) is 0 Å². The maximum absolute atomic E-state index is 11.1. The molecule has 0 radical (unpaired) electrons. The molecule has 5 N–H and O–H groups in total. The van der Waals surface area contributed by atoms with Crippen LogP contribution in [-0.4, -0.2) is 36.9 Å². The van der Waals surface area contributed by atoms with E-state index in [0.717, 1.165) is 5.56 Å². The summed E-state index contributed by atoms with van der Waals surface area (Å²) in [5.41, 5.74) is 0.939. The molecule has 0 aliphatic heterocycles. The number of hydrogen-bond donors (Lipinski definition) is 5. The fourth-order valence-corrected chi connectivity index (χ4v) is 2.86. The van der Waals surface area contributed by atoms with Crippen LogP contribution in [-0.2, 0) is 4.57 Å². The Morgan fingerprint density at radius 2 is 1.74 bits per heavy atom. The van der Waals surface area contributed by atoms with Gasteiger partial charge in [0.05, 0.1) is 17.6 Å². The van der Waals surface area contributed by atoms with Gasteiger partial charge in [-0.1, -0.05) is 25.1 Å². The molecule has 2 atom stereocenters. The van der Waals surface area contributed by atoms with E-state index >= 15 is 0 Å². The molecule has 2 rings (SSSR count). The number of nitrogens with zero attached hydrogens (tertiary/aromatic N) is 1. The Morgan fingerprint density at radius 3 is 2.30 bits per heavy atom. The van der Waals surface area contributed by atoms with Crippen LogP contribution >= 0.6 is 7.75 Å². The Balaban J connectivity index is 2.34. The molecule has 7 nitrogen and oxygen atoms in total. The Kier molecular flexibility index (Phi) is 5.06. The summed E-state index contributed by atoms with van der Waals surface area (Å²) in [6, 6.07) is 6.29. The fourth-order valence-electron chi connectivity index (χ4n) is 2.36. The Morgan fingerprint density at radius 1 is 1.13 bits per heavy atom. The number of phenols is 1. The summed E-state index contributed by atoms with van der Waals surface area (Å²) in [5.74, 6) is -0.396. The van der Waals surface area contributed by atoms with Crippen LogP contribution in [0.15, 0.2) is 52.5 Å². The minimum Gasteiger partial charge on any atom is -0.512 e. The second-order valence-electron chi connectivity index (χ2n) is 5.34. The zero-order valence-corrected chi connectivity index (χ0v) is 13.3. The number of aromatic hydroxyl groups is 1. The van der Waals surface area contributed by atoms with Gasteiger partial charge in [-0.3, -0.25) is 0 Å². The Labute approximate surface area is 133 Å². The third-order valence-electron chi connectivity index (χ3n) is 3.60. The topological polar surface area (TPSA) is 131 Å². The van der Waals surface area contributed by atoms with Crippen molar-refractivity contribution in [3.63, 3.8) is 0 Å². The van der Waals surface area contributed by atoms with Gasteiger partial charge in [-0.05, 0) is 23.8 Å². The van der Waals surface area contributed by atoms with Crippen molar-refractivity contribution in [2.75, 3.05) is 0 Å². The van der Waals surface area contributed by atoms with Crippen LogP contribution in [0.25, 0.3) is 0 Å². The highest BCUT2D eigenvalue weighted by Gasteiger charge is 2.28. The highest BCUT2D eigenvalue weighted by Crippen LogP contribution is 2.39. The van der Waals surface area contributed by atoms with Gasteiger partial charge in [-0.25, -0.2) is 4.57 Å². The summed E-state index contributed by atoms with van der Waals surface area (Å²) in [6.07, 6.45) is 1.53. The van der Waals surface area contributed by atoms with Crippen LogP contribution in [0.5, 0.6) is 5.75 Å². The maximum atomic E-state index is 11.1. The van der Waals surface area contributed by atoms with Gasteiger partial charge < -0.3 is 25.1 Å². The van der Waals surface area contributed by atoms with Crippen LogP contribution in [0.4, 0.5) is 0 Å². The molecule has 0 fully saturated rings. The van der Waals surface area contributed by atoms with Gasteiger partial charge in [0, 0.05) is 17.9 Å². The molecule has 0 amide bonds. The third kappa shape index (κ3) is 4.53. The van der Waals surface area contributed by atoms with E-state index in [0.29, 0.717) is 0 Å². The van der Waals surface area contributed by atoms with E-state index in [1.165, 1.54) is 24.3 Å². The number of benzene rings is 1. The lowest BCUT2D eigenvalue weighted by Crippen LogP contribution is -2.25. The van der Waals surface area contributed by atoms with Crippen LogP contribution in [0.1, 0.15) is 24.8 Å². The van der Waals surface area contributed by atoms with Crippen molar-refractivity contribution in [2.24, 2.45) is 4.76 Å². The number of aliphatic hydroxyl groups is 2. The van der Waals surface area contributed by atoms with Crippen molar-refractivity contribution in [1.82, 2.24) is 0 Å². The molecule has 1 aromatic carbocycles. The quantitative estimate of drug-likeness (QED) is 0.534. The average molecular weight is 339 g/mol. The van der Waals surface area contributed by atoms with Crippen LogP contribution < -0.4 is 0 Å². The van der Waals surface area contributed by atoms with Crippen molar-refractivity contribution in [3.8, 4) is 5.75 Å². The molecule has 8 heteroatoms. The summed E-state index contributed by atoms with van der Waals surface area (Å²) in [4.78, 5) is 18.1. The second kappa shape index (κ2) is 6.68. The van der Waals surface area contributed by atoms with Gasteiger partial charge >= 0.3 is 7.75 Å². The molecule has 0 saturated carbocycles. The first kappa shape index (κ1) is 17.4. The molecule has 1 aliphatic rings. The van der Waals surface area contributed by atoms with Crippen molar-refractivity contribution in [3.05, 3.63) is 53.3 Å². The average Bonchev–Trinajstić information content (AvgIpc) is 2.45. The molecule has 0 spiro atoms. The normalized spacial score (nSPS) is 19.9. The van der Waals surface area contributed by atoms with E-state index in [1.54, 1.807) is 19.1 Å². The summed E-state index contributed by atoms with van der Waals surface area (Å²) in [7, 11) is -4.68. The van der Waals surface area contributed by atoms with Gasteiger partial charge in [-0.15, -0.1) is 0 Å². The van der Waals surface area contributed by atoms with Gasteiger partial charge in [-0.2, -0.15) is 4.76 Å². The minimum absolute atomic E-state index is 0.0449. The van der Waals surface area contributed by atoms with Gasteiger partial charge in [0.1, 0.15) is 5.75 Å². The molecular weight excluding hydrogens is 321 g/mol. The molecule has 0 bridgehead atoms. The number of phenolic OH excluding ortho intramolecular Hbond substituents is 1. The standard InChI is InChI=1S/C15H18NO6P/c1-9(10-2-4-11(17)5-3-10)15(19)13-7-6-12(18)8-14(13)16-23(20,21)22/h2-7,9,15,17-19H,8H2,1H3,(H2,20,21,22). The third-order valence-corrected chi connectivity index (χ3v) is 4.10. The SMILES string of the molecule is CC(c1ccc(O)cc1)C(O)C1=CC=C(O)CC1=NP(=O)(O)O. The van der Waals surface area contributed by atoms with Crippen molar-refractivity contribution < 1.29 is 29.7 Å². The summed E-state index contributed by atoms with van der Waals surface area (Å²) >= 11 is 0. The molecule has 0 saturated heterocycles. The predicted molar refractivity (Wildman–Crippen MR) is 85.4 cm³/mol. The summed E-state index contributed by atoms with van der Waals surface area (Å²) < 4.78 is 14.4. The number of hydrogen-bond acceptors (Lipinski definition) is 4. The molecule has 2 unspecified atom stereocenters. The fraction of sp³-hybridized carbons (Fsp3) is 0.267. The number of rotatable bonds is 4. The van der Waals surface area contributed by atoms with Gasteiger partial charge in [0.2, 0.25) is 0 Å². The van der Waals surface area contributed by atoms with Crippen LogP contribution in [0.2, 0.25) is 0 Å². The van der Waals surface area contributed by atoms with Crippen molar-refractivity contribution in [2.45, 2.75) is 25.4 Å². The zero-order chi connectivity index (χ0) is 17.2.